The summed E-state index contributed by atoms with van der Waals surface area (Å²) in [4.78, 5) is 37.4. The smallest absolute Gasteiger partial charge is 0.302 e. The summed E-state index contributed by atoms with van der Waals surface area (Å²) in [5.74, 6) is -1.11. The SMILES string of the molecule is CCN(CCOC(C)=O)c1ccc(N=Nc2ccc3c4c(cccc24)C(=O)NC3=O)cc1. The maximum atomic E-state index is 12.2. The fraction of sp³-hybridized carbons (Fsp3) is 0.208. The molecule has 0 aromatic heterocycles. The number of amides is 2. The Balaban J connectivity index is 1.57. The van der Waals surface area contributed by atoms with Crippen LogP contribution in [0.3, 0.4) is 0 Å². The molecule has 4 rings (SSSR count). The van der Waals surface area contributed by atoms with Crippen LogP contribution in [0.1, 0.15) is 34.6 Å². The highest BCUT2D eigenvalue weighted by Gasteiger charge is 2.25. The topological polar surface area (TPSA) is 100 Å². The molecule has 1 aliphatic heterocycles. The van der Waals surface area contributed by atoms with Gasteiger partial charge in [-0.05, 0) is 49.4 Å². The zero-order valence-corrected chi connectivity index (χ0v) is 17.8. The zero-order chi connectivity index (χ0) is 22.7. The predicted molar refractivity (Wildman–Crippen MR) is 121 cm³/mol. The second-order valence-electron chi connectivity index (χ2n) is 7.28. The van der Waals surface area contributed by atoms with E-state index in [2.05, 4.69) is 20.4 Å². The molecule has 3 aromatic rings. The molecule has 0 saturated heterocycles. The van der Waals surface area contributed by atoms with Crippen LogP contribution in [0.15, 0.2) is 64.8 Å². The van der Waals surface area contributed by atoms with Crippen molar-refractivity contribution in [2.24, 2.45) is 10.2 Å². The Morgan fingerprint density at radius 2 is 1.69 bits per heavy atom. The molecular formula is C24H22N4O4. The molecule has 3 aromatic carbocycles. The van der Waals surface area contributed by atoms with Crippen molar-refractivity contribution in [2.75, 3.05) is 24.6 Å². The summed E-state index contributed by atoms with van der Waals surface area (Å²) < 4.78 is 5.02. The number of esters is 1. The highest BCUT2D eigenvalue weighted by Crippen LogP contribution is 2.34. The molecule has 0 saturated carbocycles. The van der Waals surface area contributed by atoms with Crippen molar-refractivity contribution in [3.8, 4) is 0 Å². The lowest BCUT2D eigenvalue weighted by Gasteiger charge is -2.22. The second-order valence-corrected chi connectivity index (χ2v) is 7.28. The van der Waals surface area contributed by atoms with Crippen molar-refractivity contribution < 1.29 is 19.1 Å². The summed E-state index contributed by atoms with van der Waals surface area (Å²) in [5, 5.41) is 12.3. The normalized spacial score (nSPS) is 12.8. The van der Waals surface area contributed by atoms with E-state index in [0.29, 0.717) is 46.4 Å². The summed E-state index contributed by atoms with van der Waals surface area (Å²) in [6.07, 6.45) is 0. The Bertz CT molecular complexity index is 1210. The van der Waals surface area contributed by atoms with Crippen molar-refractivity contribution >= 4 is 45.6 Å². The number of nitrogens with one attached hydrogen (secondary N) is 1. The first-order valence-corrected chi connectivity index (χ1v) is 10.3. The van der Waals surface area contributed by atoms with E-state index in [9.17, 15) is 14.4 Å². The van der Waals surface area contributed by atoms with E-state index in [0.717, 1.165) is 12.2 Å². The Labute approximate surface area is 184 Å². The maximum absolute atomic E-state index is 12.2. The Morgan fingerprint density at radius 3 is 2.38 bits per heavy atom. The molecule has 0 fully saturated rings. The minimum atomic E-state index is -0.410. The third kappa shape index (κ3) is 4.20. The summed E-state index contributed by atoms with van der Waals surface area (Å²) in [7, 11) is 0. The molecule has 162 valence electrons. The molecular weight excluding hydrogens is 408 g/mol. The van der Waals surface area contributed by atoms with Crippen molar-refractivity contribution in [3.05, 3.63) is 65.7 Å². The van der Waals surface area contributed by atoms with Gasteiger partial charge in [-0.2, -0.15) is 5.11 Å². The third-order valence-electron chi connectivity index (χ3n) is 5.27. The average molecular weight is 430 g/mol. The van der Waals surface area contributed by atoms with Gasteiger partial charge in [-0.3, -0.25) is 19.7 Å². The van der Waals surface area contributed by atoms with Crippen LogP contribution in [0, 0.1) is 0 Å². The maximum Gasteiger partial charge on any atom is 0.302 e. The largest absolute Gasteiger partial charge is 0.464 e. The molecule has 32 heavy (non-hydrogen) atoms. The first-order valence-electron chi connectivity index (χ1n) is 10.3. The minimum absolute atomic E-state index is 0.291. The minimum Gasteiger partial charge on any atom is -0.464 e. The van der Waals surface area contributed by atoms with Crippen LogP contribution < -0.4 is 10.2 Å². The monoisotopic (exact) mass is 430 g/mol. The second kappa shape index (κ2) is 8.97. The van der Waals surface area contributed by atoms with E-state index in [-0.39, 0.29) is 5.97 Å². The van der Waals surface area contributed by atoms with Crippen LogP contribution >= 0.6 is 0 Å². The molecule has 0 spiro atoms. The van der Waals surface area contributed by atoms with Crippen LogP contribution in [0.2, 0.25) is 0 Å². The van der Waals surface area contributed by atoms with Gasteiger partial charge >= 0.3 is 5.97 Å². The molecule has 8 heteroatoms. The van der Waals surface area contributed by atoms with Crippen molar-refractivity contribution in [3.63, 3.8) is 0 Å². The summed E-state index contributed by atoms with van der Waals surface area (Å²) >= 11 is 0. The lowest BCUT2D eigenvalue weighted by molar-refractivity contribution is -0.140. The van der Waals surface area contributed by atoms with Crippen LogP contribution in [-0.4, -0.2) is 37.5 Å². The number of likely N-dealkylation sites (N-methyl/N-ethyl adjacent to an activating group) is 1. The quantitative estimate of drug-likeness (QED) is 0.337. The number of ether oxygens (including phenoxy) is 1. The van der Waals surface area contributed by atoms with Crippen LogP contribution in [0.4, 0.5) is 17.1 Å². The van der Waals surface area contributed by atoms with E-state index >= 15 is 0 Å². The molecule has 0 radical (unpaired) electrons. The first kappa shape index (κ1) is 21.2. The molecule has 0 atom stereocenters. The third-order valence-corrected chi connectivity index (χ3v) is 5.27. The number of anilines is 1. The Morgan fingerprint density at radius 1 is 0.969 bits per heavy atom. The van der Waals surface area contributed by atoms with E-state index in [1.165, 1.54) is 6.92 Å². The van der Waals surface area contributed by atoms with Gasteiger partial charge in [-0.25, -0.2) is 0 Å². The number of azo groups is 1. The van der Waals surface area contributed by atoms with Gasteiger partial charge in [0.2, 0.25) is 0 Å². The number of hydrogen-bond acceptors (Lipinski definition) is 7. The molecule has 1 N–H and O–H groups in total. The summed E-state index contributed by atoms with van der Waals surface area (Å²) in [6, 6.07) is 16.3. The Kier molecular flexibility index (Phi) is 5.93. The van der Waals surface area contributed by atoms with Crippen LogP contribution in [0.5, 0.6) is 0 Å². The molecule has 1 aliphatic rings. The number of carbonyl (C=O) groups is 3. The first-order chi connectivity index (χ1) is 15.5. The fourth-order valence-electron chi connectivity index (χ4n) is 3.71. The van der Waals surface area contributed by atoms with Gasteiger partial charge in [0.25, 0.3) is 11.8 Å². The highest BCUT2D eigenvalue weighted by atomic mass is 16.5. The number of rotatable bonds is 7. The van der Waals surface area contributed by atoms with E-state index in [4.69, 9.17) is 4.74 Å². The van der Waals surface area contributed by atoms with Gasteiger partial charge in [-0.1, -0.05) is 12.1 Å². The summed E-state index contributed by atoms with van der Waals surface area (Å²) in [5.41, 5.74) is 3.14. The molecule has 1 heterocycles. The summed E-state index contributed by atoms with van der Waals surface area (Å²) in [6.45, 7) is 5.13. The number of nitrogens with zero attached hydrogens (tertiary/aromatic N) is 3. The van der Waals surface area contributed by atoms with Crippen molar-refractivity contribution in [1.29, 1.82) is 0 Å². The Hall–Kier alpha value is -4.07. The highest BCUT2D eigenvalue weighted by molar-refractivity contribution is 6.26. The number of imide groups is 1. The molecule has 8 nitrogen and oxygen atoms in total. The van der Waals surface area contributed by atoms with Gasteiger partial charge in [0.1, 0.15) is 6.61 Å². The fourth-order valence-corrected chi connectivity index (χ4v) is 3.71. The number of carbonyl (C=O) groups excluding carboxylic acids is 3. The van der Waals surface area contributed by atoms with Crippen molar-refractivity contribution in [1.82, 2.24) is 5.32 Å². The lowest BCUT2D eigenvalue weighted by atomic mass is 9.94. The molecule has 2 amide bonds. The van der Waals surface area contributed by atoms with E-state index in [1.807, 2.05) is 37.3 Å². The van der Waals surface area contributed by atoms with Crippen molar-refractivity contribution in [2.45, 2.75) is 13.8 Å². The molecule has 0 unspecified atom stereocenters. The van der Waals surface area contributed by atoms with Gasteiger partial charge in [0.05, 0.1) is 17.9 Å². The van der Waals surface area contributed by atoms with Gasteiger partial charge < -0.3 is 9.64 Å². The number of benzene rings is 3. The lowest BCUT2D eigenvalue weighted by Crippen LogP contribution is -2.34. The van der Waals surface area contributed by atoms with E-state index in [1.54, 1.807) is 24.3 Å². The zero-order valence-electron chi connectivity index (χ0n) is 17.8. The van der Waals surface area contributed by atoms with Crippen LogP contribution in [0.25, 0.3) is 10.8 Å². The number of hydrogen-bond donors (Lipinski definition) is 1. The predicted octanol–water partition coefficient (Wildman–Crippen LogP) is 4.53. The molecule has 0 bridgehead atoms. The van der Waals surface area contributed by atoms with Crippen LogP contribution in [-0.2, 0) is 9.53 Å². The van der Waals surface area contributed by atoms with Gasteiger partial charge in [-0.15, -0.1) is 5.11 Å². The van der Waals surface area contributed by atoms with E-state index < -0.39 is 11.8 Å². The molecule has 0 aliphatic carbocycles. The van der Waals surface area contributed by atoms with Gasteiger partial charge in [0, 0.05) is 41.1 Å². The standard InChI is InChI=1S/C24H22N4O4/c1-3-28(13-14-32-15(2)29)17-9-7-16(8-10-17)26-27-21-12-11-20-22-18(21)5-4-6-19(22)23(30)25-24(20)31/h4-12H,3,13-14H2,1-2H3,(H,25,30,31). The van der Waals surface area contributed by atoms with Gasteiger partial charge in [0.15, 0.2) is 0 Å². The average Bonchev–Trinajstić information content (AvgIpc) is 2.79.